The van der Waals surface area contributed by atoms with Crippen LogP contribution in [0.2, 0.25) is 0 Å². The Bertz CT molecular complexity index is 164. The lowest BCUT2D eigenvalue weighted by Crippen LogP contribution is -2.46. The van der Waals surface area contributed by atoms with Gasteiger partial charge in [0.25, 0.3) is 0 Å². The third kappa shape index (κ3) is 20.6. The third-order valence-corrected chi connectivity index (χ3v) is 2.71. The fourth-order valence-electron chi connectivity index (χ4n) is 1.56. The number of primary amides is 1. The SMILES string of the molecule is CCCCCCCCCCCC.NC(=O)N(N)N. The highest BCUT2D eigenvalue weighted by Gasteiger charge is 1.90. The molecule has 2 amide bonds. The molecule has 0 spiro atoms. The monoisotopic (exact) mass is 260 g/mol. The van der Waals surface area contributed by atoms with Crippen LogP contribution in [0.1, 0.15) is 78.1 Å². The minimum absolute atomic E-state index is 0.306. The van der Waals surface area contributed by atoms with Crippen LogP contribution in [0.15, 0.2) is 0 Å². The number of urea groups is 1. The van der Waals surface area contributed by atoms with Gasteiger partial charge in [-0.3, -0.25) is 0 Å². The van der Waals surface area contributed by atoms with Crippen molar-refractivity contribution >= 4 is 6.03 Å². The first-order valence-electron chi connectivity index (χ1n) is 7.15. The van der Waals surface area contributed by atoms with Crippen LogP contribution in [0.3, 0.4) is 0 Å². The Kier molecular flexibility index (Phi) is 17.6. The summed E-state index contributed by atoms with van der Waals surface area (Å²) in [6.07, 6.45) is 14.4. The minimum atomic E-state index is -0.852. The summed E-state index contributed by atoms with van der Waals surface area (Å²) in [7, 11) is 0. The van der Waals surface area contributed by atoms with Crippen LogP contribution in [-0.2, 0) is 0 Å². The fourth-order valence-corrected chi connectivity index (χ4v) is 1.56. The summed E-state index contributed by atoms with van der Waals surface area (Å²) in [5, 5.41) is 0.306. The van der Waals surface area contributed by atoms with E-state index < -0.39 is 6.03 Å². The molecule has 0 heterocycles. The number of hydrogen-bond acceptors (Lipinski definition) is 3. The zero-order valence-electron chi connectivity index (χ0n) is 12.2. The van der Waals surface area contributed by atoms with Gasteiger partial charge in [0.2, 0.25) is 0 Å². The van der Waals surface area contributed by atoms with E-state index in [1.54, 1.807) is 0 Å². The maximum Gasteiger partial charge on any atom is 0.343 e. The molecule has 0 aliphatic rings. The van der Waals surface area contributed by atoms with Crippen molar-refractivity contribution in [1.82, 2.24) is 5.12 Å². The van der Waals surface area contributed by atoms with Gasteiger partial charge in [0.15, 0.2) is 0 Å². The molecule has 0 radical (unpaired) electrons. The van der Waals surface area contributed by atoms with Crippen molar-refractivity contribution in [3.8, 4) is 0 Å². The predicted octanol–water partition coefficient (Wildman–Crippen LogP) is 3.04. The van der Waals surface area contributed by atoms with Crippen molar-refractivity contribution in [2.45, 2.75) is 78.1 Å². The fraction of sp³-hybridized carbons (Fsp3) is 0.923. The Labute approximate surface area is 112 Å². The predicted molar refractivity (Wildman–Crippen MR) is 77.3 cm³/mol. The second kappa shape index (κ2) is 16.2. The van der Waals surface area contributed by atoms with Crippen LogP contribution in [-0.4, -0.2) is 11.1 Å². The molecule has 0 aliphatic heterocycles. The van der Waals surface area contributed by atoms with Crippen LogP contribution in [0.25, 0.3) is 0 Å². The first-order chi connectivity index (χ1) is 8.56. The largest absolute Gasteiger partial charge is 0.349 e. The maximum atomic E-state index is 9.60. The molecular weight excluding hydrogens is 228 g/mol. The van der Waals surface area contributed by atoms with E-state index >= 15 is 0 Å². The highest BCUT2D eigenvalue weighted by molar-refractivity contribution is 5.70. The number of unbranched alkanes of at least 4 members (excludes halogenated alkanes) is 9. The summed E-state index contributed by atoms with van der Waals surface area (Å²) < 4.78 is 0. The van der Waals surface area contributed by atoms with E-state index in [-0.39, 0.29) is 0 Å². The molecule has 0 fully saturated rings. The second-order valence-corrected chi connectivity index (χ2v) is 4.57. The van der Waals surface area contributed by atoms with Crippen LogP contribution < -0.4 is 17.4 Å². The number of carbonyl (C=O) groups is 1. The Balaban J connectivity index is 0. The molecule has 0 unspecified atom stereocenters. The van der Waals surface area contributed by atoms with Gasteiger partial charge in [-0.05, 0) is 0 Å². The van der Waals surface area contributed by atoms with Gasteiger partial charge >= 0.3 is 6.03 Å². The van der Waals surface area contributed by atoms with E-state index in [1.807, 2.05) is 0 Å². The molecule has 0 saturated carbocycles. The molecule has 110 valence electrons. The van der Waals surface area contributed by atoms with Crippen LogP contribution in [0.4, 0.5) is 4.79 Å². The molecule has 0 aromatic rings. The van der Waals surface area contributed by atoms with Crippen molar-refractivity contribution in [3.63, 3.8) is 0 Å². The molecule has 0 saturated heterocycles. The van der Waals surface area contributed by atoms with Crippen LogP contribution in [0, 0.1) is 0 Å². The first kappa shape index (κ1) is 19.5. The summed E-state index contributed by atoms with van der Waals surface area (Å²) in [6.45, 7) is 4.56. The molecule has 0 bridgehead atoms. The molecule has 0 rings (SSSR count). The van der Waals surface area contributed by atoms with Gasteiger partial charge < -0.3 is 5.73 Å². The minimum Gasteiger partial charge on any atom is -0.349 e. The molecule has 5 nitrogen and oxygen atoms in total. The van der Waals surface area contributed by atoms with Crippen molar-refractivity contribution < 1.29 is 4.79 Å². The maximum absolute atomic E-state index is 9.60. The van der Waals surface area contributed by atoms with Crippen molar-refractivity contribution in [2.75, 3.05) is 0 Å². The van der Waals surface area contributed by atoms with Gasteiger partial charge in [-0.25, -0.2) is 16.5 Å². The summed E-state index contributed by atoms with van der Waals surface area (Å²) in [5.74, 6) is 9.14. The van der Waals surface area contributed by atoms with Crippen molar-refractivity contribution in [1.29, 1.82) is 0 Å². The van der Waals surface area contributed by atoms with E-state index in [9.17, 15) is 4.79 Å². The standard InChI is InChI=1S/C12H26.CH6N4O/c1-3-5-7-9-11-12-10-8-6-4-2;2-1(6)5(3)4/h3-12H2,1-2H3;3-4H2,(H2,2,6). The van der Waals surface area contributed by atoms with Gasteiger partial charge in [0, 0.05) is 0 Å². The zero-order valence-corrected chi connectivity index (χ0v) is 12.2. The molecule has 18 heavy (non-hydrogen) atoms. The molecule has 0 aromatic heterocycles. The lowest BCUT2D eigenvalue weighted by molar-refractivity contribution is 0.210. The van der Waals surface area contributed by atoms with E-state index in [2.05, 4.69) is 31.3 Å². The Morgan fingerprint density at radius 2 is 1.00 bits per heavy atom. The number of nitrogens with zero attached hydrogens (tertiary/aromatic N) is 1. The molecule has 6 N–H and O–H groups in total. The van der Waals surface area contributed by atoms with E-state index in [0.29, 0.717) is 5.12 Å². The highest BCUT2D eigenvalue weighted by Crippen LogP contribution is 2.09. The number of carbonyl (C=O) groups excluding carboxylic acids is 1. The molecule has 0 atom stereocenters. The van der Waals surface area contributed by atoms with Gasteiger partial charge in [0.1, 0.15) is 0 Å². The van der Waals surface area contributed by atoms with Crippen LogP contribution >= 0.6 is 0 Å². The average molecular weight is 260 g/mol. The van der Waals surface area contributed by atoms with Gasteiger partial charge in [-0.15, -0.1) is 0 Å². The summed E-state index contributed by atoms with van der Waals surface area (Å²) in [6, 6.07) is -0.852. The second-order valence-electron chi connectivity index (χ2n) is 4.57. The quantitative estimate of drug-likeness (QED) is 0.257. The molecule has 0 aliphatic carbocycles. The number of hydrazine groups is 2. The van der Waals surface area contributed by atoms with Crippen LogP contribution in [0.5, 0.6) is 0 Å². The molecule has 5 heteroatoms. The molecular formula is C13H32N4O. The van der Waals surface area contributed by atoms with Crippen molar-refractivity contribution in [3.05, 3.63) is 0 Å². The van der Waals surface area contributed by atoms with Gasteiger partial charge in [-0.2, -0.15) is 5.12 Å². The van der Waals surface area contributed by atoms with E-state index in [1.165, 1.54) is 64.2 Å². The Morgan fingerprint density at radius 1 is 0.778 bits per heavy atom. The van der Waals surface area contributed by atoms with E-state index in [4.69, 9.17) is 0 Å². The van der Waals surface area contributed by atoms with Crippen molar-refractivity contribution in [2.24, 2.45) is 17.4 Å². The van der Waals surface area contributed by atoms with Gasteiger partial charge in [-0.1, -0.05) is 78.1 Å². The smallest absolute Gasteiger partial charge is 0.343 e. The number of hydrogen-bond donors (Lipinski definition) is 3. The number of nitrogens with two attached hydrogens (primary N) is 3. The summed E-state index contributed by atoms with van der Waals surface area (Å²) in [4.78, 5) is 9.60. The van der Waals surface area contributed by atoms with E-state index in [0.717, 1.165) is 0 Å². The first-order valence-corrected chi connectivity index (χ1v) is 7.15. The summed E-state index contributed by atoms with van der Waals surface area (Å²) in [5.41, 5.74) is 4.47. The normalized spacial score (nSPS) is 9.56. The topological polar surface area (TPSA) is 98.4 Å². The number of rotatable bonds is 9. The lowest BCUT2D eigenvalue weighted by Gasteiger charge is -2.00. The lowest BCUT2D eigenvalue weighted by atomic mass is 10.1. The summed E-state index contributed by atoms with van der Waals surface area (Å²) >= 11 is 0. The molecule has 0 aromatic carbocycles. The average Bonchev–Trinajstić information content (AvgIpc) is 2.33. The van der Waals surface area contributed by atoms with Gasteiger partial charge in [0.05, 0.1) is 0 Å². The Hall–Kier alpha value is -0.810. The third-order valence-electron chi connectivity index (χ3n) is 2.71. The zero-order chi connectivity index (χ0) is 14.2. The number of amides is 2. The highest BCUT2D eigenvalue weighted by atomic mass is 16.2. The Morgan fingerprint density at radius 3 is 1.17 bits per heavy atom.